The number of nitrogens with one attached hydrogen (secondary N) is 1. The largest absolute Gasteiger partial charge is 0.307 e. The van der Waals surface area contributed by atoms with Gasteiger partial charge in [-0.1, -0.05) is 34.1 Å². The summed E-state index contributed by atoms with van der Waals surface area (Å²) < 4.78 is 1.20. The molecule has 1 aromatic carbocycles. The maximum atomic E-state index is 3.78. The van der Waals surface area contributed by atoms with E-state index in [1.54, 1.807) is 0 Å². The molecule has 3 heteroatoms. The van der Waals surface area contributed by atoms with Gasteiger partial charge in [0.1, 0.15) is 0 Å². The van der Waals surface area contributed by atoms with Crippen molar-refractivity contribution in [3.05, 3.63) is 34.3 Å². The topological polar surface area (TPSA) is 15.3 Å². The van der Waals surface area contributed by atoms with Gasteiger partial charge in [0, 0.05) is 16.6 Å². The fraction of sp³-hybridized carbons (Fsp3) is 0.600. The van der Waals surface area contributed by atoms with Gasteiger partial charge in [-0.3, -0.25) is 0 Å². The van der Waals surface area contributed by atoms with Crippen molar-refractivity contribution >= 4 is 15.9 Å². The lowest BCUT2D eigenvalue weighted by atomic mass is 10.0. The second-order valence-electron chi connectivity index (χ2n) is 5.34. The first kappa shape index (κ1) is 14.0. The highest BCUT2D eigenvalue weighted by atomic mass is 79.9. The lowest BCUT2D eigenvalue weighted by molar-refractivity contribution is 0.340. The Hall–Kier alpha value is -0.380. The third-order valence-electron chi connectivity index (χ3n) is 3.81. The van der Waals surface area contributed by atoms with E-state index < -0.39 is 0 Å². The van der Waals surface area contributed by atoms with E-state index in [2.05, 4.69) is 64.4 Å². The zero-order valence-electron chi connectivity index (χ0n) is 11.3. The highest BCUT2D eigenvalue weighted by Gasteiger charge is 2.18. The smallest absolute Gasteiger partial charge is 0.0305 e. The van der Waals surface area contributed by atoms with E-state index in [9.17, 15) is 0 Å². The molecule has 0 amide bonds. The summed E-state index contributed by atoms with van der Waals surface area (Å²) in [5.74, 6) is 0. The number of hydrogen-bond acceptors (Lipinski definition) is 2. The molecule has 0 radical (unpaired) electrons. The van der Waals surface area contributed by atoms with Crippen LogP contribution in [-0.4, -0.2) is 31.1 Å². The molecule has 1 N–H and O–H groups in total. The second-order valence-corrected chi connectivity index (χ2v) is 6.20. The third-order valence-corrected chi connectivity index (χ3v) is 4.53. The maximum absolute atomic E-state index is 3.78. The van der Waals surface area contributed by atoms with E-state index in [1.807, 2.05) is 0 Å². The quantitative estimate of drug-likeness (QED) is 0.918. The van der Waals surface area contributed by atoms with E-state index in [4.69, 9.17) is 0 Å². The van der Waals surface area contributed by atoms with E-state index in [0.717, 1.165) is 0 Å². The second kappa shape index (κ2) is 6.69. The summed E-state index contributed by atoms with van der Waals surface area (Å²) in [6.07, 6.45) is 3.85. The third kappa shape index (κ3) is 3.81. The Bertz CT molecular complexity index is 381. The normalized spacial score (nSPS) is 23.6. The molecular formula is C15H23BrN2. The van der Waals surface area contributed by atoms with Crippen LogP contribution in [0.25, 0.3) is 0 Å². The maximum Gasteiger partial charge on any atom is 0.0305 e. The van der Waals surface area contributed by atoms with Crippen LogP contribution in [0.5, 0.6) is 0 Å². The van der Waals surface area contributed by atoms with Crippen molar-refractivity contribution < 1.29 is 0 Å². The van der Waals surface area contributed by atoms with Gasteiger partial charge in [-0.2, -0.15) is 0 Å². The molecule has 1 aliphatic heterocycles. The molecular weight excluding hydrogens is 288 g/mol. The first-order valence-electron chi connectivity index (χ1n) is 6.86. The molecule has 0 saturated carbocycles. The molecule has 1 aromatic rings. The Morgan fingerprint density at radius 3 is 2.83 bits per heavy atom. The SMILES string of the molecule is CC(NC1CCCN(C)CC1)c1ccccc1Br. The molecule has 0 aromatic heterocycles. The molecule has 1 heterocycles. The van der Waals surface area contributed by atoms with E-state index in [-0.39, 0.29) is 0 Å². The number of nitrogens with zero attached hydrogens (tertiary/aromatic N) is 1. The number of rotatable bonds is 3. The van der Waals surface area contributed by atoms with Crippen molar-refractivity contribution in [2.24, 2.45) is 0 Å². The zero-order valence-corrected chi connectivity index (χ0v) is 12.9. The van der Waals surface area contributed by atoms with Gasteiger partial charge in [0.05, 0.1) is 0 Å². The Labute approximate surface area is 119 Å². The van der Waals surface area contributed by atoms with Crippen molar-refractivity contribution in [3.8, 4) is 0 Å². The lowest BCUT2D eigenvalue weighted by Crippen LogP contribution is -2.32. The Balaban J connectivity index is 1.94. The van der Waals surface area contributed by atoms with Crippen LogP contribution in [-0.2, 0) is 0 Å². The summed E-state index contributed by atoms with van der Waals surface area (Å²) in [6.45, 7) is 4.70. The van der Waals surface area contributed by atoms with Crippen molar-refractivity contribution in [1.29, 1.82) is 0 Å². The van der Waals surface area contributed by atoms with Crippen molar-refractivity contribution in [2.75, 3.05) is 20.1 Å². The molecule has 0 bridgehead atoms. The van der Waals surface area contributed by atoms with Gasteiger partial charge in [0.15, 0.2) is 0 Å². The summed E-state index contributed by atoms with van der Waals surface area (Å²) in [5, 5.41) is 3.78. The Morgan fingerprint density at radius 2 is 2.06 bits per heavy atom. The van der Waals surface area contributed by atoms with E-state index in [0.29, 0.717) is 12.1 Å². The summed E-state index contributed by atoms with van der Waals surface area (Å²) in [4.78, 5) is 2.44. The van der Waals surface area contributed by atoms with Crippen LogP contribution in [0.1, 0.15) is 37.8 Å². The molecule has 2 unspecified atom stereocenters. The molecule has 1 fully saturated rings. The van der Waals surface area contributed by atoms with Crippen molar-refractivity contribution in [3.63, 3.8) is 0 Å². The molecule has 100 valence electrons. The minimum atomic E-state index is 0.411. The van der Waals surface area contributed by atoms with Crippen LogP contribution >= 0.6 is 15.9 Å². The Kier molecular flexibility index (Phi) is 5.22. The van der Waals surface area contributed by atoms with Crippen LogP contribution in [0.4, 0.5) is 0 Å². The van der Waals surface area contributed by atoms with Gasteiger partial charge < -0.3 is 10.2 Å². The first-order valence-corrected chi connectivity index (χ1v) is 7.65. The fourth-order valence-corrected chi connectivity index (χ4v) is 3.30. The summed E-state index contributed by atoms with van der Waals surface area (Å²) in [5.41, 5.74) is 1.36. The fourth-order valence-electron chi connectivity index (χ4n) is 2.68. The summed E-state index contributed by atoms with van der Waals surface area (Å²) in [7, 11) is 2.22. The van der Waals surface area contributed by atoms with Crippen molar-refractivity contribution in [1.82, 2.24) is 10.2 Å². The van der Waals surface area contributed by atoms with Crippen LogP contribution in [0.2, 0.25) is 0 Å². The molecule has 2 nitrogen and oxygen atoms in total. The van der Waals surface area contributed by atoms with Gasteiger partial charge in [0.2, 0.25) is 0 Å². The van der Waals surface area contributed by atoms with Gasteiger partial charge >= 0.3 is 0 Å². The number of hydrogen-bond donors (Lipinski definition) is 1. The molecule has 1 saturated heterocycles. The average molecular weight is 311 g/mol. The highest BCUT2D eigenvalue weighted by Crippen LogP contribution is 2.24. The molecule has 18 heavy (non-hydrogen) atoms. The van der Waals surface area contributed by atoms with Crippen molar-refractivity contribution in [2.45, 2.75) is 38.3 Å². The minimum absolute atomic E-state index is 0.411. The predicted octanol–water partition coefficient (Wildman–Crippen LogP) is 3.58. The van der Waals surface area contributed by atoms with Gasteiger partial charge in [-0.15, -0.1) is 0 Å². The van der Waals surface area contributed by atoms with Crippen LogP contribution in [0.15, 0.2) is 28.7 Å². The lowest BCUT2D eigenvalue weighted by Gasteiger charge is -2.23. The number of likely N-dealkylation sites (tertiary alicyclic amines) is 1. The highest BCUT2D eigenvalue weighted by molar-refractivity contribution is 9.10. The molecule has 2 rings (SSSR count). The van der Waals surface area contributed by atoms with Crippen LogP contribution in [0, 0.1) is 0 Å². The molecule has 2 atom stereocenters. The van der Waals surface area contributed by atoms with Gasteiger partial charge in [-0.05, 0) is 58.0 Å². The van der Waals surface area contributed by atoms with Crippen LogP contribution < -0.4 is 5.32 Å². The summed E-state index contributed by atoms with van der Waals surface area (Å²) in [6, 6.07) is 9.56. The zero-order chi connectivity index (χ0) is 13.0. The van der Waals surface area contributed by atoms with E-state index >= 15 is 0 Å². The monoisotopic (exact) mass is 310 g/mol. The van der Waals surface area contributed by atoms with Gasteiger partial charge in [0.25, 0.3) is 0 Å². The number of benzene rings is 1. The molecule has 0 spiro atoms. The van der Waals surface area contributed by atoms with Crippen LogP contribution in [0.3, 0.4) is 0 Å². The van der Waals surface area contributed by atoms with E-state index in [1.165, 1.54) is 42.4 Å². The molecule has 0 aliphatic carbocycles. The summed E-state index contributed by atoms with van der Waals surface area (Å²) >= 11 is 3.64. The molecule has 1 aliphatic rings. The Morgan fingerprint density at radius 1 is 1.28 bits per heavy atom. The first-order chi connectivity index (χ1) is 8.66. The number of halogens is 1. The standard InChI is InChI=1S/C15H23BrN2/c1-12(14-7-3-4-8-15(14)16)17-13-6-5-10-18(2)11-9-13/h3-4,7-8,12-13,17H,5-6,9-11H2,1-2H3. The average Bonchev–Trinajstić information content (AvgIpc) is 2.55. The predicted molar refractivity (Wildman–Crippen MR) is 80.8 cm³/mol. The van der Waals surface area contributed by atoms with Gasteiger partial charge in [-0.25, -0.2) is 0 Å². The minimum Gasteiger partial charge on any atom is -0.307 e.